The van der Waals surface area contributed by atoms with Crippen LogP contribution in [0.25, 0.3) is 0 Å². The van der Waals surface area contributed by atoms with Gasteiger partial charge in [0, 0.05) is 13.6 Å². The second kappa shape index (κ2) is 4.15. The Morgan fingerprint density at radius 1 is 1.35 bits per heavy atom. The Kier molecular flexibility index (Phi) is 2.96. The lowest BCUT2D eigenvalue weighted by atomic mass is 10.1. The van der Waals surface area contributed by atoms with Gasteiger partial charge in [0.15, 0.2) is 0 Å². The van der Waals surface area contributed by atoms with Gasteiger partial charge in [0.1, 0.15) is 0 Å². The van der Waals surface area contributed by atoms with Gasteiger partial charge >= 0.3 is 0 Å². The highest BCUT2D eigenvalue weighted by Crippen LogP contribution is 2.34. The van der Waals surface area contributed by atoms with Gasteiger partial charge < -0.3 is 10.6 Å². The first-order valence-corrected chi connectivity index (χ1v) is 6.03. The maximum absolute atomic E-state index is 12.0. The predicted octanol–water partition coefficient (Wildman–Crippen LogP) is 1.75. The van der Waals surface area contributed by atoms with Gasteiger partial charge in [0.25, 0.3) is 0 Å². The average Bonchev–Trinajstić information content (AvgIpc) is 3.02. The van der Waals surface area contributed by atoms with Crippen molar-refractivity contribution in [3.63, 3.8) is 0 Å². The van der Waals surface area contributed by atoms with Crippen LogP contribution in [0.2, 0.25) is 0 Å². The molecule has 0 heterocycles. The van der Waals surface area contributed by atoms with E-state index < -0.39 is 5.54 Å². The summed E-state index contributed by atoms with van der Waals surface area (Å²) in [6.07, 6.45) is 1.65. The molecule has 2 rings (SSSR count). The Morgan fingerprint density at radius 3 is 2.53 bits per heavy atom. The fourth-order valence-corrected chi connectivity index (χ4v) is 1.98. The molecule has 0 aliphatic heterocycles. The lowest BCUT2D eigenvalue weighted by molar-refractivity contribution is -0.132. The number of rotatable bonds is 3. The summed E-state index contributed by atoms with van der Waals surface area (Å²) >= 11 is 0. The molecule has 0 aromatic heterocycles. The van der Waals surface area contributed by atoms with E-state index in [1.165, 1.54) is 11.1 Å². The van der Waals surface area contributed by atoms with Gasteiger partial charge in [-0.2, -0.15) is 0 Å². The Hall–Kier alpha value is -1.35. The first kappa shape index (κ1) is 12.1. The number of nitrogens with zero attached hydrogens (tertiary/aromatic N) is 1. The van der Waals surface area contributed by atoms with Gasteiger partial charge in [-0.3, -0.25) is 4.79 Å². The van der Waals surface area contributed by atoms with Crippen LogP contribution in [0.15, 0.2) is 18.2 Å². The van der Waals surface area contributed by atoms with Gasteiger partial charge in [-0.1, -0.05) is 18.2 Å². The molecule has 1 aromatic carbocycles. The number of carbonyl (C=O) groups is 1. The number of hydrogen-bond donors (Lipinski definition) is 1. The summed E-state index contributed by atoms with van der Waals surface area (Å²) in [4.78, 5) is 13.7. The Balaban J connectivity index is 2.05. The van der Waals surface area contributed by atoms with E-state index in [-0.39, 0.29) is 5.91 Å². The van der Waals surface area contributed by atoms with Gasteiger partial charge in [-0.15, -0.1) is 0 Å². The molecular formula is C14H20N2O. The van der Waals surface area contributed by atoms with Crippen LogP contribution in [-0.2, 0) is 11.3 Å². The van der Waals surface area contributed by atoms with E-state index >= 15 is 0 Å². The third kappa shape index (κ3) is 2.50. The molecule has 1 fully saturated rings. The largest absolute Gasteiger partial charge is 0.340 e. The Bertz CT molecular complexity index is 450. The summed E-state index contributed by atoms with van der Waals surface area (Å²) in [5.41, 5.74) is 9.05. The average molecular weight is 232 g/mol. The van der Waals surface area contributed by atoms with Crippen molar-refractivity contribution in [1.29, 1.82) is 0 Å². The van der Waals surface area contributed by atoms with Crippen LogP contribution < -0.4 is 5.73 Å². The molecule has 17 heavy (non-hydrogen) atoms. The molecule has 3 nitrogen and oxygen atoms in total. The fraction of sp³-hybridized carbons (Fsp3) is 0.500. The molecule has 3 heteroatoms. The third-order valence-corrected chi connectivity index (χ3v) is 3.55. The molecular weight excluding hydrogens is 212 g/mol. The van der Waals surface area contributed by atoms with Gasteiger partial charge in [0.05, 0.1) is 5.54 Å². The van der Waals surface area contributed by atoms with Crippen LogP contribution in [0.3, 0.4) is 0 Å². The quantitative estimate of drug-likeness (QED) is 0.863. The molecule has 1 aromatic rings. The first-order valence-electron chi connectivity index (χ1n) is 6.03. The number of likely N-dealkylation sites (N-methyl/N-ethyl adjacent to an activating group) is 1. The van der Waals surface area contributed by atoms with E-state index in [1.807, 2.05) is 7.05 Å². The summed E-state index contributed by atoms with van der Waals surface area (Å²) in [7, 11) is 1.82. The van der Waals surface area contributed by atoms with Crippen molar-refractivity contribution in [3.05, 3.63) is 34.9 Å². The van der Waals surface area contributed by atoms with Crippen molar-refractivity contribution >= 4 is 5.91 Å². The first-order chi connectivity index (χ1) is 7.92. The molecule has 1 aliphatic carbocycles. The number of benzene rings is 1. The summed E-state index contributed by atoms with van der Waals surface area (Å²) < 4.78 is 0. The molecule has 0 bridgehead atoms. The van der Waals surface area contributed by atoms with E-state index in [2.05, 4.69) is 32.0 Å². The maximum Gasteiger partial charge on any atom is 0.242 e. The predicted molar refractivity (Wildman–Crippen MR) is 68.5 cm³/mol. The molecule has 2 N–H and O–H groups in total. The second-order valence-corrected chi connectivity index (χ2v) is 5.24. The number of amides is 1. The standard InChI is InChI=1S/C14H20N2O/c1-10-4-5-12(8-11(10)2)9-16(3)13(17)14(15)6-7-14/h4-5,8H,6-7,9,15H2,1-3H3. The molecule has 1 saturated carbocycles. The highest BCUT2D eigenvalue weighted by molar-refractivity contribution is 5.88. The van der Waals surface area contributed by atoms with Crippen LogP contribution in [0, 0.1) is 13.8 Å². The minimum absolute atomic E-state index is 0.0655. The minimum Gasteiger partial charge on any atom is -0.340 e. The van der Waals surface area contributed by atoms with E-state index in [4.69, 9.17) is 5.73 Å². The fourth-order valence-electron chi connectivity index (χ4n) is 1.98. The van der Waals surface area contributed by atoms with Crippen LogP contribution in [-0.4, -0.2) is 23.4 Å². The van der Waals surface area contributed by atoms with Crippen LogP contribution in [0.1, 0.15) is 29.5 Å². The van der Waals surface area contributed by atoms with Crippen molar-refractivity contribution in [2.75, 3.05) is 7.05 Å². The zero-order valence-electron chi connectivity index (χ0n) is 10.8. The zero-order valence-corrected chi connectivity index (χ0v) is 10.8. The molecule has 0 atom stereocenters. The molecule has 1 aliphatic rings. The van der Waals surface area contributed by atoms with E-state index in [9.17, 15) is 4.79 Å². The minimum atomic E-state index is -0.561. The van der Waals surface area contributed by atoms with E-state index in [0.29, 0.717) is 6.54 Å². The van der Waals surface area contributed by atoms with Crippen LogP contribution in [0.4, 0.5) is 0 Å². The van der Waals surface area contributed by atoms with Crippen molar-refractivity contribution in [1.82, 2.24) is 4.90 Å². The van der Waals surface area contributed by atoms with Gasteiger partial charge in [-0.05, 0) is 43.4 Å². The summed E-state index contributed by atoms with van der Waals surface area (Å²) in [5.74, 6) is 0.0655. The Morgan fingerprint density at radius 2 is 2.00 bits per heavy atom. The van der Waals surface area contributed by atoms with Gasteiger partial charge in [-0.25, -0.2) is 0 Å². The summed E-state index contributed by atoms with van der Waals surface area (Å²) in [5, 5.41) is 0. The number of hydrogen-bond acceptors (Lipinski definition) is 2. The molecule has 0 radical (unpaired) electrons. The summed E-state index contributed by atoms with van der Waals surface area (Å²) in [6, 6.07) is 6.30. The Labute approximate surface area is 103 Å². The highest BCUT2D eigenvalue weighted by atomic mass is 16.2. The van der Waals surface area contributed by atoms with Crippen molar-refractivity contribution in [3.8, 4) is 0 Å². The maximum atomic E-state index is 12.0. The van der Waals surface area contributed by atoms with Crippen LogP contribution >= 0.6 is 0 Å². The summed E-state index contributed by atoms with van der Waals surface area (Å²) in [6.45, 7) is 4.82. The number of carbonyl (C=O) groups excluding carboxylic acids is 1. The molecule has 92 valence electrons. The smallest absolute Gasteiger partial charge is 0.242 e. The normalized spacial score (nSPS) is 16.7. The molecule has 0 spiro atoms. The zero-order chi connectivity index (χ0) is 12.6. The third-order valence-electron chi connectivity index (χ3n) is 3.55. The topological polar surface area (TPSA) is 46.3 Å². The molecule has 0 unspecified atom stereocenters. The SMILES string of the molecule is Cc1ccc(CN(C)C(=O)C2(N)CC2)cc1C. The second-order valence-electron chi connectivity index (χ2n) is 5.24. The lowest BCUT2D eigenvalue weighted by Crippen LogP contribution is -2.43. The van der Waals surface area contributed by atoms with Crippen molar-refractivity contribution in [2.45, 2.75) is 38.8 Å². The lowest BCUT2D eigenvalue weighted by Gasteiger charge is -2.21. The van der Waals surface area contributed by atoms with Crippen molar-refractivity contribution < 1.29 is 4.79 Å². The van der Waals surface area contributed by atoms with E-state index in [1.54, 1.807) is 4.90 Å². The monoisotopic (exact) mass is 232 g/mol. The van der Waals surface area contributed by atoms with Gasteiger partial charge in [0.2, 0.25) is 5.91 Å². The number of nitrogens with two attached hydrogens (primary N) is 1. The molecule has 0 saturated heterocycles. The van der Waals surface area contributed by atoms with Crippen molar-refractivity contribution in [2.24, 2.45) is 5.73 Å². The molecule has 1 amide bonds. The highest BCUT2D eigenvalue weighted by Gasteiger charge is 2.47. The van der Waals surface area contributed by atoms with E-state index in [0.717, 1.165) is 18.4 Å². The number of aryl methyl sites for hydroxylation is 2. The van der Waals surface area contributed by atoms with Crippen LogP contribution in [0.5, 0.6) is 0 Å².